The van der Waals surface area contributed by atoms with Crippen molar-refractivity contribution in [3.63, 3.8) is 0 Å². The van der Waals surface area contributed by atoms with Crippen LogP contribution in [0.5, 0.6) is 0 Å². The highest BCUT2D eigenvalue weighted by Gasteiger charge is 2.33. The van der Waals surface area contributed by atoms with E-state index in [9.17, 15) is 14.3 Å². The Morgan fingerprint density at radius 1 is 1.41 bits per heavy atom. The number of nitrogens with one attached hydrogen (secondary N) is 1. The lowest BCUT2D eigenvalue weighted by Gasteiger charge is -2.23. The lowest BCUT2D eigenvalue weighted by molar-refractivity contribution is -0.143. The van der Waals surface area contributed by atoms with Gasteiger partial charge in [0, 0.05) is 12.5 Å². The molecule has 0 bridgehead atoms. The Morgan fingerprint density at radius 3 is 2.74 bits per heavy atom. The van der Waals surface area contributed by atoms with Crippen molar-refractivity contribution in [2.24, 2.45) is 16.8 Å². The molecule has 0 spiro atoms. The Hall–Kier alpha value is -2.64. The van der Waals surface area contributed by atoms with Crippen molar-refractivity contribution in [3.8, 4) is 0 Å². The zero-order valence-corrected chi connectivity index (χ0v) is 15.7. The molecular weight excluding hydrogens is 349 g/mol. The van der Waals surface area contributed by atoms with Gasteiger partial charge in [0.1, 0.15) is 5.82 Å². The van der Waals surface area contributed by atoms with E-state index in [2.05, 4.69) is 32.3 Å². The first-order valence-corrected chi connectivity index (χ1v) is 9.08. The van der Waals surface area contributed by atoms with Crippen molar-refractivity contribution in [3.05, 3.63) is 41.0 Å². The molecule has 0 saturated heterocycles. The lowest BCUT2D eigenvalue weighted by Crippen LogP contribution is -2.26. The molecule has 7 nitrogen and oxygen atoms in total. The van der Waals surface area contributed by atoms with Gasteiger partial charge in [-0.25, -0.2) is 4.39 Å². The van der Waals surface area contributed by atoms with E-state index < -0.39 is 17.8 Å². The number of tetrazole rings is 1. The van der Waals surface area contributed by atoms with Gasteiger partial charge in [-0.3, -0.25) is 4.79 Å². The number of hydrogen-bond donors (Lipinski definition) is 2. The standard InChI is InChI=1S/C19H26FN5O2/c1-12(2)9-16(19(26)27)15(18-22-24-25-23-18)10-13-6-7-14(17(20)11-13)5-4-8-21-3/h6-7,11-12,15-16H,3-5,8-10H2,1-2H3,(H,26,27)(H,22,23,24,25)/t15-,16-/m0/s1. The molecule has 2 aromatic rings. The number of H-pyrrole nitrogens is 1. The Bertz CT molecular complexity index is 749. The van der Waals surface area contributed by atoms with Gasteiger partial charge in [-0.05, 0) is 55.5 Å². The molecule has 146 valence electrons. The normalized spacial score (nSPS) is 13.5. The fraction of sp³-hybridized carbons (Fsp3) is 0.526. The van der Waals surface area contributed by atoms with E-state index in [0.717, 1.165) is 6.42 Å². The summed E-state index contributed by atoms with van der Waals surface area (Å²) in [6.45, 7) is 7.96. The monoisotopic (exact) mass is 375 g/mol. The molecule has 2 rings (SSSR count). The van der Waals surface area contributed by atoms with E-state index in [4.69, 9.17) is 0 Å². The second-order valence-corrected chi connectivity index (χ2v) is 7.13. The fourth-order valence-electron chi connectivity index (χ4n) is 3.24. The van der Waals surface area contributed by atoms with E-state index in [0.29, 0.717) is 42.8 Å². The summed E-state index contributed by atoms with van der Waals surface area (Å²) in [4.78, 5) is 15.6. The minimum Gasteiger partial charge on any atom is -0.481 e. The van der Waals surface area contributed by atoms with Gasteiger partial charge in [0.25, 0.3) is 0 Å². The molecule has 1 aromatic heterocycles. The lowest BCUT2D eigenvalue weighted by atomic mass is 9.81. The number of rotatable bonds is 11. The largest absolute Gasteiger partial charge is 0.481 e. The van der Waals surface area contributed by atoms with Crippen LogP contribution >= 0.6 is 0 Å². The van der Waals surface area contributed by atoms with Crippen LogP contribution in [0.3, 0.4) is 0 Å². The molecule has 0 fully saturated rings. The highest BCUT2D eigenvalue weighted by atomic mass is 19.1. The number of halogens is 1. The van der Waals surface area contributed by atoms with Crippen LogP contribution in [0.1, 0.15) is 49.6 Å². The average Bonchev–Trinajstić information content (AvgIpc) is 3.14. The second-order valence-electron chi connectivity index (χ2n) is 7.13. The maximum Gasteiger partial charge on any atom is 0.307 e. The number of benzene rings is 1. The van der Waals surface area contributed by atoms with Gasteiger partial charge in [0.15, 0.2) is 5.82 Å². The highest BCUT2D eigenvalue weighted by molar-refractivity contribution is 5.71. The molecule has 0 aliphatic rings. The Balaban J connectivity index is 2.23. The van der Waals surface area contributed by atoms with Crippen LogP contribution in [-0.2, 0) is 17.6 Å². The SMILES string of the molecule is C=NCCCc1ccc(C[C@H](c2nn[nH]n2)[C@H](CC(C)C)C(=O)O)cc1F. The first-order chi connectivity index (χ1) is 12.9. The quantitative estimate of drug-likeness (QED) is 0.464. The molecule has 1 heterocycles. The van der Waals surface area contributed by atoms with Crippen LogP contribution in [0.25, 0.3) is 0 Å². The van der Waals surface area contributed by atoms with Crippen molar-refractivity contribution in [2.75, 3.05) is 6.54 Å². The van der Waals surface area contributed by atoms with Gasteiger partial charge >= 0.3 is 5.97 Å². The zero-order valence-electron chi connectivity index (χ0n) is 15.7. The predicted octanol–water partition coefficient (Wildman–Crippen LogP) is 3.05. The minimum absolute atomic E-state index is 0.193. The van der Waals surface area contributed by atoms with Crippen molar-refractivity contribution >= 4 is 12.7 Å². The van der Waals surface area contributed by atoms with Crippen LogP contribution < -0.4 is 0 Å². The molecule has 1 aromatic carbocycles. The van der Waals surface area contributed by atoms with Crippen LogP contribution in [0, 0.1) is 17.7 Å². The zero-order chi connectivity index (χ0) is 19.8. The maximum absolute atomic E-state index is 14.4. The van der Waals surface area contributed by atoms with Crippen LogP contribution in [-0.4, -0.2) is 45.0 Å². The molecule has 2 N–H and O–H groups in total. The number of aryl methyl sites for hydroxylation is 1. The molecule has 0 radical (unpaired) electrons. The van der Waals surface area contributed by atoms with Crippen molar-refractivity contribution in [1.29, 1.82) is 0 Å². The molecule has 0 aliphatic carbocycles. The summed E-state index contributed by atoms with van der Waals surface area (Å²) >= 11 is 0. The molecule has 0 unspecified atom stereocenters. The Labute approximate surface area is 158 Å². The number of aromatic amines is 1. The summed E-state index contributed by atoms with van der Waals surface area (Å²) in [6.07, 6.45) is 2.13. The van der Waals surface area contributed by atoms with E-state index in [1.165, 1.54) is 6.07 Å². The molecule has 8 heteroatoms. The van der Waals surface area contributed by atoms with Crippen molar-refractivity contribution < 1.29 is 14.3 Å². The number of carbonyl (C=O) groups is 1. The van der Waals surface area contributed by atoms with Crippen LogP contribution in [0.2, 0.25) is 0 Å². The summed E-state index contributed by atoms with van der Waals surface area (Å²) in [5.41, 5.74) is 1.33. The van der Waals surface area contributed by atoms with E-state index in [1.807, 2.05) is 19.9 Å². The average molecular weight is 375 g/mol. The number of carboxylic acid groups (broad SMARTS) is 1. The van der Waals surface area contributed by atoms with Gasteiger partial charge in [-0.15, -0.1) is 10.2 Å². The summed E-state index contributed by atoms with van der Waals surface area (Å²) in [7, 11) is 0. The van der Waals surface area contributed by atoms with Gasteiger partial charge in [-0.2, -0.15) is 5.21 Å². The summed E-state index contributed by atoms with van der Waals surface area (Å²) in [5.74, 6) is -1.84. The second kappa shape index (κ2) is 9.89. The molecule has 0 amide bonds. The topological polar surface area (TPSA) is 104 Å². The molecule has 0 aliphatic heterocycles. The third-order valence-corrected chi connectivity index (χ3v) is 4.56. The highest BCUT2D eigenvalue weighted by Crippen LogP contribution is 2.31. The first kappa shape index (κ1) is 20.7. The van der Waals surface area contributed by atoms with E-state index in [1.54, 1.807) is 6.07 Å². The van der Waals surface area contributed by atoms with E-state index >= 15 is 0 Å². The van der Waals surface area contributed by atoms with Crippen molar-refractivity contribution in [1.82, 2.24) is 20.6 Å². The number of hydrogen-bond acceptors (Lipinski definition) is 5. The first-order valence-electron chi connectivity index (χ1n) is 9.08. The van der Waals surface area contributed by atoms with E-state index in [-0.39, 0.29) is 11.7 Å². The number of aliphatic imine (C=N–C) groups is 1. The maximum atomic E-state index is 14.4. The molecule has 27 heavy (non-hydrogen) atoms. The van der Waals surface area contributed by atoms with Crippen molar-refractivity contribution in [2.45, 2.75) is 45.4 Å². The van der Waals surface area contributed by atoms with Gasteiger partial charge < -0.3 is 10.1 Å². The van der Waals surface area contributed by atoms with Gasteiger partial charge in [0.2, 0.25) is 0 Å². The van der Waals surface area contributed by atoms with Gasteiger partial charge in [0.05, 0.1) is 5.92 Å². The van der Waals surface area contributed by atoms with Gasteiger partial charge in [-0.1, -0.05) is 31.2 Å². The third kappa shape index (κ3) is 5.94. The summed E-state index contributed by atoms with van der Waals surface area (Å²) in [5, 5.41) is 23.6. The van der Waals surface area contributed by atoms with Crippen LogP contribution in [0.4, 0.5) is 4.39 Å². The molecule has 2 atom stereocenters. The molecule has 0 saturated carbocycles. The number of aromatic nitrogens is 4. The van der Waals surface area contributed by atoms with Crippen LogP contribution in [0.15, 0.2) is 23.2 Å². The number of nitrogens with zero attached hydrogens (tertiary/aromatic N) is 4. The number of aliphatic carboxylic acids is 1. The smallest absolute Gasteiger partial charge is 0.307 e. The number of carboxylic acids is 1. The summed E-state index contributed by atoms with van der Waals surface area (Å²) < 4.78 is 14.4. The fourth-order valence-corrected chi connectivity index (χ4v) is 3.24. The Morgan fingerprint density at radius 2 is 2.19 bits per heavy atom. The molecular formula is C19H26FN5O2. The Kier molecular flexibility index (Phi) is 7.57. The summed E-state index contributed by atoms with van der Waals surface area (Å²) in [6, 6.07) is 5.05. The minimum atomic E-state index is -0.910. The third-order valence-electron chi connectivity index (χ3n) is 4.56. The predicted molar refractivity (Wildman–Crippen MR) is 100 cm³/mol.